The summed E-state index contributed by atoms with van der Waals surface area (Å²) in [6.07, 6.45) is 1.97. The summed E-state index contributed by atoms with van der Waals surface area (Å²) in [5.74, 6) is 0.710. The van der Waals surface area contributed by atoms with E-state index in [1.54, 1.807) is 13.4 Å². The molecule has 4 rings (SSSR count). The molecule has 1 aromatic heterocycles. The van der Waals surface area contributed by atoms with Crippen molar-refractivity contribution < 1.29 is 23.6 Å². The molecule has 1 amide bonds. The fraction of sp³-hybridized carbons (Fsp3) is 0.348. The maximum Gasteiger partial charge on any atom is 0.224 e. The highest BCUT2D eigenvalue weighted by Gasteiger charge is 2.24. The zero-order valence-corrected chi connectivity index (χ0v) is 16.6. The summed E-state index contributed by atoms with van der Waals surface area (Å²) in [6, 6.07) is 16.1. The van der Waals surface area contributed by atoms with E-state index in [0.717, 1.165) is 48.5 Å². The number of methoxy groups -OCH3 is 1. The number of benzene rings is 2. The van der Waals surface area contributed by atoms with Crippen LogP contribution >= 0.6 is 0 Å². The van der Waals surface area contributed by atoms with Crippen molar-refractivity contribution >= 4 is 16.9 Å². The van der Waals surface area contributed by atoms with Gasteiger partial charge in [-0.15, -0.1) is 0 Å². The summed E-state index contributed by atoms with van der Waals surface area (Å²) in [6.45, 7) is 4.12. The van der Waals surface area contributed by atoms with Gasteiger partial charge in [-0.05, 0) is 12.1 Å². The van der Waals surface area contributed by atoms with E-state index in [4.69, 9.17) is 13.9 Å². The van der Waals surface area contributed by atoms with Crippen LogP contribution < -0.4 is 15.0 Å². The second-order valence-corrected chi connectivity index (χ2v) is 7.46. The molecule has 1 aliphatic rings. The molecule has 0 spiro atoms. The molecule has 6 nitrogen and oxygen atoms in total. The molecule has 0 aliphatic carbocycles. The van der Waals surface area contributed by atoms with Crippen molar-refractivity contribution in [3.8, 4) is 5.75 Å². The standard InChI is InChI=1S/C23H26N2O4/c1-27-19-7-8-21-18(16-29-22(21)12-19)11-23(26)24-13-20-15-25(9-10-28-20)14-17-5-3-2-4-6-17/h2-8,12,16,20H,9-11,13-15H2,1H3,(H,24,26)/p+1/t20-/m1/s1. The van der Waals surface area contributed by atoms with E-state index in [0.29, 0.717) is 6.54 Å². The van der Waals surface area contributed by atoms with Crippen molar-refractivity contribution in [2.24, 2.45) is 0 Å². The third-order valence-corrected chi connectivity index (χ3v) is 5.36. The number of furan rings is 1. The Morgan fingerprint density at radius 3 is 2.93 bits per heavy atom. The second kappa shape index (κ2) is 9.11. The summed E-state index contributed by atoms with van der Waals surface area (Å²) < 4.78 is 16.6. The number of rotatable bonds is 7. The van der Waals surface area contributed by atoms with Crippen molar-refractivity contribution in [2.45, 2.75) is 19.1 Å². The molecule has 2 N–H and O–H groups in total. The summed E-state index contributed by atoms with van der Waals surface area (Å²) in [5.41, 5.74) is 2.93. The van der Waals surface area contributed by atoms with Crippen LogP contribution in [0.2, 0.25) is 0 Å². The number of hydrogen-bond acceptors (Lipinski definition) is 4. The van der Waals surface area contributed by atoms with Gasteiger partial charge in [0.1, 0.15) is 37.1 Å². The topological polar surface area (TPSA) is 65.1 Å². The van der Waals surface area contributed by atoms with Gasteiger partial charge in [0.05, 0.1) is 26.4 Å². The summed E-state index contributed by atoms with van der Waals surface area (Å²) >= 11 is 0. The Kier molecular flexibility index (Phi) is 6.12. The minimum Gasteiger partial charge on any atom is -0.497 e. The molecule has 0 bridgehead atoms. The van der Waals surface area contributed by atoms with Gasteiger partial charge in [-0.2, -0.15) is 0 Å². The highest BCUT2D eigenvalue weighted by molar-refractivity contribution is 5.88. The summed E-state index contributed by atoms with van der Waals surface area (Å²) in [4.78, 5) is 13.9. The largest absolute Gasteiger partial charge is 0.497 e. The normalized spacial score (nSPS) is 19.2. The molecule has 1 aliphatic heterocycles. The maximum atomic E-state index is 12.5. The molecule has 1 saturated heterocycles. The molecule has 1 fully saturated rings. The predicted octanol–water partition coefficient (Wildman–Crippen LogP) is 1.58. The molecular weight excluding hydrogens is 368 g/mol. The lowest BCUT2D eigenvalue weighted by Crippen LogP contribution is -3.13. The number of fused-ring (bicyclic) bond motifs is 1. The lowest BCUT2D eigenvalue weighted by Gasteiger charge is -2.30. The number of ether oxygens (including phenoxy) is 2. The third kappa shape index (κ3) is 4.96. The first kappa shape index (κ1) is 19.5. The van der Waals surface area contributed by atoms with E-state index in [-0.39, 0.29) is 18.4 Å². The van der Waals surface area contributed by atoms with Crippen LogP contribution in [0.15, 0.2) is 59.2 Å². The Labute approximate surface area is 170 Å². The number of nitrogens with one attached hydrogen (secondary N) is 2. The molecule has 3 aromatic rings. The van der Waals surface area contributed by atoms with Gasteiger partial charge in [0.25, 0.3) is 0 Å². The Morgan fingerprint density at radius 2 is 2.10 bits per heavy atom. The molecule has 152 valence electrons. The van der Waals surface area contributed by atoms with E-state index >= 15 is 0 Å². The number of carbonyl (C=O) groups excluding carboxylic acids is 1. The van der Waals surface area contributed by atoms with Crippen LogP contribution in [0.1, 0.15) is 11.1 Å². The SMILES string of the molecule is COc1ccc2c(CC(=O)NC[C@@H]3C[NH+](Cc4ccccc4)CCO3)coc2c1. The Hall–Kier alpha value is -2.83. The molecule has 2 atom stereocenters. The number of carbonyl (C=O) groups is 1. The smallest absolute Gasteiger partial charge is 0.224 e. The van der Waals surface area contributed by atoms with Gasteiger partial charge >= 0.3 is 0 Å². The van der Waals surface area contributed by atoms with Crippen LogP contribution in [0, 0.1) is 0 Å². The zero-order chi connectivity index (χ0) is 20.1. The molecule has 1 unspecified atom stereocenters. The van der Waals surface area contributed by atoms with Gasteiger partial charge in [-0.1, -0.05) is 30.3 Å². The lowest BCUT2D eigenvalue weighted by atomic mass is 10.1. The van der Waals surface area contributed by atoms with Crippen molar-refractivity contribution in [3.63, 3.8) is 0 Å². The Morgan fingerprint density at radius 1 is 1.24 bits per heavy atom. The molecule has 0 saturated carbocycles. The fourth-order valence-electron chi connectivity index (χ4n) is 3.82. The molecule has 29 heavy (non-hydrogen) atoms. The van der Waals surface area contributed by atoms with Crippen molar-refractivity contribution in [1.82, 2.24) is 5.32 Å². The van der Waals surface area contributed by atoms with E-state index in [1.165, 1.54) is 10.5 Å². The van der Waals surface area contributed by atoms with Crippen molar-refractivity contribution in [3.05, 3.63) is 65.9 Å². The highest BCUT2D eigenvalue weighted by Crippen LogP contribution is 2.25. The minimum atomic E-state index is -0.0256. The third-order valence-electron chi connectivity index (χ3n) is 5.36. The van der Waals surface area contributed by atoms with E-state index < -0.39 is 0 Å². The van der Waals surface area contributed by atoms with E-state index in [2.05, 4.69) is 29.6 Å². The number of quaternary nitrogens is 1. The minimum absolute atomic E-state index is 0.0256. The van der Waals surface area contributed by atoms with Gasteiger partial charge in [0.2, 0.25) is 5.91 Å². The molecular formula is C23H27N2O4+. The molecule has 2 aromatic carbocycles. The van der Waals surface area contributed by atoms with Crippen LogP contribution in [0.3, 0.4) is 0 Å². The van der Waals surface area contributed by atoms with Crippen LogP contribution in [-0.4, -0.2) is 45.4 Å². The van der Waals surface area contributed by atoms with E-state index in [9.17, 15) is 4.79 Å². The quantitative estimate of drug-likeness (QED) is 0.638. The Balaban J connectivity index is 1.28. The zero-order valence-electron chi connectivity index (χ0n) is 16.6. The van der Waals surface area contributed by atoms with Gasteiger partial charge in [0, 0.05) is 29.1 Å². The number of hydrogen-bond donors (Lipinski definition) is 2. The van der Waals surface area contributed by atoms with Crippen LogP contribution in [0.5, 0.6) is 5.75 Å². The molecule has 2 heterocycles. The lowest BCUT2D eigenvalue weighted by molar-refractivity contribution is -0.925. The van der Waals surface area contributed by atoms with Gasteiger partial charge in [-0.3, -0.25) is 4.79 Å². The van der Waals surface area contributed by atoms with Crippen LogP contribution in [0.4, 0.5) is 0 Å². The summed E-state index contributed by atoms with van der Waals surface area (Å²) in [7, 11) is 1.62. The van der Waals surface area contributed by atoms with Crippen LogP contribution in [-0.2, 0) is 22.5 Å². The molecule has 0 radical (unpaired) electrons. The number of amides is 1. The first-order valence-electron chi connectivity index (χ1n) is 10.0. The highest BCUT2D eigenvalue weighted by atomic mass is 16.5. The van der Waals surface area contributed by atoms with Crippen molar-refractivity contribution in [1.29, 1.82) is 0 Å². The summed E-state index contributed by atoms with van der Waals surface area (Å²) in [5, 5.41) is 3.96. The van der Waals surface area contributed by atoms with Crippen LogP contribution in [0.25, 0.3) is 11.0 Å². The Bertz CT molecular complexity index is 954. The average Bonchev–Trinajstić information content (AvgIpc) is 3.15. The van der Waals surface area contributed by atoms with Gasteiger partial charge in [0.15, 0.2) is 0 Å². The van der Waals surface area contributed by atoms with Crippen molar-refractivity contribution in [2.75, 3.05) is 33.4 Å². The first-order chi connectivity index (χ1) is 14.2. The average molecular weight is 395 g/mol. The number of morpholine rings is 1. The van der Waals surface area contributed by atoms with Gasteiger partial charge in [-0.25, -0.2) is 0 Å². The second-order valence-electron chi connectivity index (χ2n) is 7.46. The monoisotopic (exact) mass is 395 g/mol. The predicted molar refractivity (Wildman–Crippen MR) is 110 cm³/mol. The first-order valence-corrected chi connectivity index (χ1v) is 10.0. The molecule has 6 heteroatoms. The van der Waals surface area contributed by atoms with E-state index in [1.807, 2.05) is 24.3 Å². The van der Waals surface area contributed by atoms with Gasteiger partial charge < -0.3 is 24.1 Å². The maximum absolute atomic E-state index is 12.5. The fourth-order valence-corrected chi connectivity index (χ4v) is 3.82.